The number of carbonyl (C=O) groups excluding carboxylic acids is 1. The summed E-state index contributed by atoms with van der Waals surface area (Å²) >= 11 is 0. The number of carbonyl (C=O) groups is 2. The van der Waals surface area contributed by atoms with Crippen LogP contribution in [0.25, 0.3) is 0 Å². The van der Waals surface area contributed by atoms with Crippen LogP contribution in [-0.2, 0) is 19.0 Å². The van der Waals surface area contributed by atoms with E-state index < -0.39 is 6.09 Å². The zero-order chi connectivity index (χ0) is 16.8. The van der Waals surface area contributed by atoms with E-state index in [-0.39, 0.29) is 24.5 Å². The van der Waals surface area contributed by atoms with Gasteiger partial charge in [0.15, 0.2) is 0 Å². The van der Waals surface area contributed by atoms with E-state index >= 15 is 0 Å². The Morgan fingerprint density at radius 3 is 2.00 bits per heavy atom. The molecule has 0 saturated carbocycles. The molecule has 0 aliphatic rings. The van der Waals surface area contributed by atoms with Crippen LogP contribution >= 0.6 is 0 Å². The summed E-state index contributed by atoms with van der Waals surface area (Å²) in [7, 11) is 0. The van der Waals surface area contributed by atoms with Gasteiger partial charge in [-0.05, 0) is 5.41 Å². The molecular weight excluding hydrogens is 292 g/mol. The molecular formula is C14H28N2O6. The standard InChI is InChI=1S/C14H28N2O6/c1-14(2,3)11-16-12(17)10-22-9-8-21-7-6-20-5-4-15-13(18)19/h15H,4-11H2,1-3H3,(H,16,17)(H,18,19). The summed E-state index contributed by atoms with van der Waals surface area (Å²) in [5.74, 6) is -0.135. The number of nitrogens with one attached hydrogen (secondary N) is 2. The van der Waals surface area contributed by atoms with Gasteiger partial charge in [-0.3, -0.25) is 4.79 Å². The number of amides is 2. The van der Waals surface area contributed by atoms with E-state index in [0.29, 0.717) is 39.6 Å². The lowest BCUT2D eigenvalue weighted by atomic mass is 9.97. The second-order valence-electron chi connectivity index (χ2n) is 5.85. The smallest absolute Gasteiger partial charge is 0.404 e. The Kier molecular flexibility index (Phi) is 11.4. The van der Waals surface area contributed by atoms with Crippen LogP contribution in [0.4, 0.5) is 4.79 Å². The van der Waals surface area contributed by atoms with Gasteiger partial charge in [0.2, 0.25) is 5.91 Å². The van der Waals surface area contributed by atoms with Crippen molar-refractivity contribution in [2.45, 2.75) is 20.8 Å². The SMILES string of the molecule is CC(C)(C)CNC(=O)COCCOCCOCCNC(=O)O. The summed E-state index contributed by atoms with van der Waals surface area (Å²) in [4.78, 5) is 21.6. The number of carboxylic acid groups (broad SMARTS) is 1. The molecule has 0 unspecified atom stereocenters. The Labute approximate surface area is 131 Å². The summed E-state index contributed by atoms with van der Waals surface area (Å²) in [5.41, 5.74) is 0.0543. The molecule has 22 heavy (non-hydrogen) atoms. The van der Waals surface area contributed by atoms with Gasteiger partial charge in [-0.25, -0.2) is 4.79 Å². The normalized spacial score (nSPS) is 11.2. The Morgan fingerprint density at radius 2 is 1.45 bits per heavy atom. The van der Waals surface area contributed by atoms with Crippen molar-refractivity contribution in [3.05, 3.63) is 0 Å². The molecule has 0 aliphatic carbocycles. The number of ether oxygens (including phenoxy) is 3. The Balaban J connectivity index is 3.23. The van der Waals surface area contributed by atoms with E-state index in [1.54, 1.807) is 0 Å². The van der Waals surface area contributed by atoms with Crippen LogP contribution in [0.2, 0.25) is 0 Å². The van der Waals surface area contributed by atoms with Crippen LogP contribution in [0.15, 0.2) is 0 Å². The first-order chi connectivity index (χ1) is 10.3. The first kappa shape index (κ1) is 20.6. The maximum absolute atomic E-state index is 11.4. The second-order valence-corrected chi connectivity index (χ2v) is 5.85. The molecule has 0 fully saturated rings. The zero-order valence-electron chi connectivity index (χ0n) is 13.6. The molecule has 3 N–H and O–H groups in total. The highest BCUT2D eigenvalue weighted by Gasteiger charge is 2.11. The number of rotatable bonds is 12. The van der Waals surface area contributed by atoms with E-state index in [1.165, 1.54) is 0 Å². The molecule has 0 aromatic carbocycles. The molecule has 8 nitrogen and oxygen atoms in total. The molecule has 130 valence electrons. The third kappa shape index (κ3) is 16.7. The predicted molar refractivity (Wildman–Crippen MR) is 80.9 cm³/mol. The summed E-state index contributed by atoms with van der Waals surface area (Å²) in [6.07, 6.45) is -1.07. The molecule has 0 heterocycles. The summed E-state index contributed by atoms with van der Waals surface area (Å²) < 4.78 is 15.6. The van der Waals surface area contributed by atoms with Crippen molar-refractivity contribution in [3.63, 3.8) is 0 Å². The van der Waals surface area contributed by atoms with E-state index in [2.05, 4.69) is 10.6 Å². The molecule has 0 bridgehead atoms. The fraction of sp³-hybridized carbons (Fsp3) is 0.857. The Bertz CT molecular complexity index is 317. The molecule has 0 aromatic rings. The van der Waals surface area contributed by atoms with Crippen molar-refractivity contribution in [1.82, 2.24) is 10.6 Å². The lowest BCUT2D eigenvalue weighted by Crippen LogP contribution is -2.34. The molecule has 2 amide bonds. The van der Waals surface area contributed by atoms with Gasteiger partial charge in [0.25, 0.3) is 0 Å². The quantitative estimate of drug-likeness (QED) is 0.451. The minimum atomic E-state index is -1.07. The molecule has 0 rings (SSSR count). The fourth-order valence-electron chi connectivity index (χ4n) is 1.25. The van der Waals surface area contributed by atoms with Gasteiger partial charge in [0, 0.05) is 13.1 Å². The van der Waals surface area contributed by atoms with Crippen molar-refractivity contribution in [2.24, 2.45) is 5.41 Å². The van der Waals surface area contributed by atoms with Crippen molar-refractivity contribution in [2.75, 3.05) is 52.7 Å². The van der Waals surface area contributed by atoms with Crippen molar-refractivity contribution >= 4 is 12.0 Å². The zero-order valence-corrected chi connectivity index (χ0v) is 13.6. The second kappa shape index (κ2) is 12.2. The first-order valence-corrected chi connectivity index (χ1v) is 7.28. The van der Waals surface area contributed by atoms with Crippen LogP contribution in [0, 0.1) is 5.41 Å². The van der Waals surface area contributed by atoms with Crippen LogP contribution in [0.1, 0.15) is 20.8 Å². The van der Waals surface area contributed by atoms with Crippen LogP contribution in [0.5, 0.6) is 0 Å². The van der Waals surface area contributed by atoms with Crippen LogP contribution in [0.3, 0.4) is 0 Å². The monoisotopic (exact) mass is 320 g/mol. The fourth-order valence-corrected chi connectivity index (χ4v) is 1.25. The van der Waals surface area contributed by atoms with Crippen molar-refractivity contribution < 1.29 is 28.9 Å². The molecule has 0 aliphatic heterocycles. The van der Waals surface area contributed by atoms with Crippen molar-refractivity contribution in [3.8, 4) is 0 Å². The summed E-state index contributed by atoms with van der Waals surface area (Å²) in [5, 5.41) is 13.3. The van der Waals surface area contributed by atoms with Gasteiger partial charge >= 0.3 is 6.09 Å². The van der Waals surface area contributed by atoms with Gasteiger partial charge in [-0.2, -0.15) is 0 Å². The summed E-state index contributed by atoms with van der Waals surface area (Å²) in [6, 6.07) is 0. The molecule has 0 atom stereocenters. The largest absolute Gasteiger partial charge is 0.465 e. The highest BCUT2D eigenvalue weighted by Crippen LogP contribution is 2.09. The maximum atomic E-state index is 11.4. The van der Waals surface area contributed by atoms with E-state index in [4.69, 9.17) is 19.3 Å². The van der Waals surface area contributed by atoms with Gasteiger partial charge in [0.1, 0.15) is 6.61 Å². The highest BCUT2D eigenvalue weighted by atomic mass is 16.5. The van der Waals surface area contributed by atoms with Crippen LogP contribution in [-0.4, -0.2) is 69.8 Å². The first-order valence-electron chi connectivity index (χ1n) is 7.28. The Hall–Kier alpha value is -1.38. The third-order valence-corrected chi connectivity index (χ3v) is 2.32. The minimum Gasteiger partial charge on any atom is -0.465 e. The lowest BCUT2D eigenvalue weighted by molar-refractivity contribution is -0.126. The average molecular weight is 320 g/mol. The van der Waals surface area contributed by atoms with Gasteiger partial charge < -0.3 is 30.0 Å². The average Bonchev–Trinajstić information content (AvgIpc) is 2.41. The van der Waals surface area contributed by atoms with E-state index in [1.807, 2.05) is 20.8 Å². The molecule has 0 saturated heterocycles. The minimum absolute atomic E-state index is 0.0246. The highest BCUT2D eigenvalue weighted by molar-refractivity contribution is 5.77. The molecule has 8 heteroatoms. The Morgan fingerprint density at radius 1 is 0.909 bits per heavy atom. The van der Waals surface area contributed by atoms with Gasteiger partial charge in [-0.1, -0.05) is 20.8 Å². The lowest BCUT2D eigenvalue weighted by Gasteiger charge is -2.18. The van der Waals surface area contributed by atoms with Crippen molar-refractivity contribution in [1.29, 1.82) is 0 Å². The topological polar surface area (TPSA) is 106 Å². The predicted octanol–water partition coefficient (Wildman–Crippen LogP) is 0.466. The molecule has 0 spiro atoms. The van der Waals surface area contributed by atoms with Crippen LogP contribution < -0.4 is 10.6 Å². The molecule has 0 radical (unpaired) electrons. The third-order valence-electron chi connectivity index (χ3n) is 2.32. The maximum Gasteiger partial charge on any atom is 0.404 e. The van der Waals surface area contributed by atoms with E-state index in [9.17, 15) is 9.59 Å². The summed E-state index contributed by atoms with van der Waals surface area (Å²) in [6.45, 7) is 8.82. The van der Waals surface area contributed by atoms with E-state index in [0.717, 1.165) is 0 Å². The number of hydrogen-bond donors (Lipinski definition) is 3. The van der Waals surface area contributed by atoms with Gasteiger partial charge in [0.05, 0.1) is 33.0 Å². The van der Waals surface area contributed by atoms with Gasteiger partial charge in [-0.15, -0.1) is 0 Å². The number of hydrogen-bond acceptors (Lipinski definition) is 5. The molecule has 0 aromatic heterocycles.